The van der Waals surface area contributed by atoms with Gasteiger partial charge in [-0.3, -0.25) is 4.72 Å². The average molecular weight is 520 g/mol. The smallest absolute Gasteiger partial charge is 0.337 e. The number of halogens is 3. The highest BCUT2D eigenvalue weighted by atomic mass is 79.9. The minimum absolute atomic E-state index is 0.0146. The van der Waals surface area contributed by atoms with Crippen LogP contribution in [0.2, 0.25) is 0 Å². The number of aromatic carboxylic acids is 1. The third-order valence-corrected chi connectivity index (χ3v) is 7.16. The van der Waals surface area contributed by atoms with Gasteiger partial charge in [-0.2, -0.15) is 0 Å². The first-order valence-corrected chi connectivity index (χ1v) is 9.89. The molecule has 0 saturated heterocycles. The van der Waals surface area contributed by atoms with Crippen LogP contribution >= 0.6 is 59.1 Å². The molecule has 5 nitrogen and oxygen atoms in total. The fourth-order valence-electron chi connectivity index (χ4n) is 1.50. The predicted molar refractivity (Wildman–Crippen MR) is 91.6 cm³/mol. The van der Waals surface area contributed by atoms with Gasteiger partial charge < -0.3 is 5.11 Å². The van der Waals surface area contributed by atoms with E-state index in [1.165, 1.54) is 29.5 Å². The van der Waals surface area contributed by atoms with Gasteiger partial charge in [0.05, 0.1) is 18.8 Å². The van der Waals surface area contributed by atoms with E-state index in [0.717, 1.165) is 0 Å². The molecular weight excluding hydrogens is 514 g/mol. The van der Waals surface area contributed by atoms with Crippen molar-refractivity contribution < 1.29 is 18.3 Å². The van der Waals surface area contributed by atoms with Gasteiger partial charge in [0.15, 0.2) is 0 Å². The molecule has 1 heterocycles. The van der Waals surface area contributed by atoms with Crippen LogP contribution in [-0.4, -0.2) is 19.5 Å². The van der Waals surface area contributed by atoms with E-state index in [4.69, 9.17) is 5.11 Å². The van der Waals surface area contributed by atoms with Crippen LogP contribution in [0.25, 0.3) is 0 Å². The SMILES string of the molecule is O=C(O)c1cccc(Br)c1NS(=O)(=O)c1cc(Br)sc1Br. The molecule has 0 radical (unpaired) electrons. The monoisotopic (exact) mass is 517 g/mol. The lowest BCUT2D eigenvalue weighted by Crippen LogP contribution is -2.15. The summed E-state index contributed by atoms with van der Waals surface area (Å²) >= 11 is 10.7. The van der Waals surface area contributed by atoms with E-state index in [-0.39, 0.29) is 16.1 Å². The molecule has 10 heteroatoms. The summed E-state index contributed by atoms with van der Waals surface area (Å²) in [5, 5.41) is 9.15. The third-order valence-electron chi connectivity index (χ3n) is 2.40. The van der Waals surface area contributed by atoms with E-state index >= 15 is 0 Å². The summed E-state index contributed by atoms with van der Waals surface area (Å²) in [4.78, 5) is 11.2. The molecule has 0 unspecified atom stereocenters. The number of carbonyl (C=O) groups is 1. The number of nitrogens with one attached hydrogen (secondary N) is 1. The molecule has 0 bridgehead atoms. The third kappa shape index (κ3) is 3.67. The van der Waals surface area contributed by atoms with Crippen molar-refractivity contribution in [2.75, 3.05) is 4.72 Å². The number of sulfonamides is 1. The van der Waals surface area contributed by atoms with Gasteiger partial charge in [0.2, 0.25) is 0 Å². The number of hydrogen-bond donors (Lipinski definition) is 2. The highest BCUT2D eigenvalue weighted by Crippen LogP contribution is 2.37. The van der Waals surface area contributed by atoms with Crippen LogP contribution < -0.4 is 4.72 Å². The Morgan fingerprint density at radius 2 is 1.90 bits per heavy atom. The largest absolute Gasteiger partial charge is 0.478 e. The van der Waals surface area contributed by atoms with Crippen molar-refractivity contribution in [3.8, 4) is 0 Å². The molecule has 2 rings (SSSR count). The van der Waals surface area contributed by atoms with Crippen LogP contribution in [0.5, 0.6) is 0 Å². The zero-order chi connectivity index (χ0) is 15.8. The summed E-state index contributed by atoms with van der Waals surface area (Å²) in [5.74, 6) is -1.22. The molecule has 2 aromatic rings. The summed E-state index contributed by atoms with van der Waals surface area (Å²) in [6.07, 6.45) is 0. The molecule has 1 aromatic heterocycles. The first-order chi connectivity index (χ1) is 9.72. The number of hydrogen-bond acceptors (Lipinski definition) is 4. The summed E-state index contributed by atoms with van der Waals surface area (Å²) < 4.78 is 28.5. The quantitative estimate of drug-likeness (QED) is 0.621. The van der Waals surface area contributed by atoms with E-state index in [0.29, 0.717) is 12.0 Å². The summed E-state index contributed by atoms with van der Waals surface area (Å²) in [6.45, 7) is 0. The molecular formula is C11H6Br3NO4S2. The maximum Gasteiger partial charge on any atom is 0.337 e. The van der Waals surface area contributed by atoms with Gasteiger partial charge in [0, 0.05) is 4.47 Å². The second-order valence-corrected chi connectivity index (χ2v) is 10.0. The standard InChI is InChI=1S/C11H6Br3NO4S2/c12-6-3-1-2-5(11(16)17)9(6)15-21(18,19)7-4-8(13)20-10(7)14/h1-4,15H,(H,16,17). The minimum atomic E-state index is -3.91. The zero-order valence-electron chi connectivity index (χ0n) is 9.93. The molecule has 1 aromatic carbocycles. The molecule has 21 heavy (non-hydrogen) atoms. The van der Waals surface area contributed by atoms with Crippen LogP contribution in [0.15, 0.2) is 41.2 Å². The van der Waals surface area contributed by atoms with E-state index in [2.05, 4.69) is 52.5 Å². The van der Waals surface area contributed by atoms with Crippen LogP contribution in [0.1, 0.15) is 10.4 Å². The molecule has 0 atom stereocenters. The highest BCUT2D eigenvalue weighted by Gasteiger charge is 2.24. The molecule has 0 aliphatic rings. The normalized spacial score (nSPS) is 11.4. The first-order valence-electron chi connectivity index (χ1n) is 5.22. The Hall–Kier alpha value is -0.420. The Kier molecular flexibility index (Phi) is 5.14. The Morgan fingerprint density at radius 3 is 2.43 bits per heavy atom. The van der Waals surface area contributed by atoms with E-state index < -0.39 is 16.0 Å². The van der Waals surface area contributed by atoms with Gasteiger partial charge in [-0.05, 0) is 66.0 Å². The summed E-state index contributed by atoms with van der Waals surface area (Å²) in [6, 6.07) is 5.84. The molecule has 0 saturated carbocycles. The van der Waals surface area contributed by atoms with Crippen molar-refractivity contribution in [3.05, 3.63) is 41.9 Å². The first kappa shape index (κ1) is 16.9. The van der Waals surface area contributed by atoms with Crippen LogP contribution in [-0.2, 0) is 10.0 Å². The maximum absolute atomic E-state index is 12.4. The number of para-hydroxylation sites is 1. The van der Waals surface area contributed by atoms with Gasteiger partial charge in [-0.15, -0.1) is 11.3 Å². The van der Waals surface area contributed by atoms with Gasteiger partial charge in [0.25, 0.3) is 10.0 Å². The van der Waals surface area contributed by atoms with Gasteiger partial charge in [-0.1, -0.05) is 6.07 Å². The zero-order valence-corrected chi connectivity index (χ0v) is 16.3. The molecule has 0 aliphatic carbocycles. The van der Waals surface area contributed by atoms with Gasteiger partial charge >= 0.3 is 5.97 Å². The van der Waals surface area contributed by atoms with Crippen molar-refractivity contribution in [2.45, 2.75) is 4.90 Å². The Labute approximate surface area is 149 Å². The minimum Gasteiger partial charge on any atom is -0.478 e. The fraction of sp³-hybridized carbons (Fsp3) is 0. The number of anilines is 1. The molecule has 112 valence electrons. The molecule has 2 N–H and O–H groups in total. The van der Waals surface area contributed by atoms with Crippen molar-refractivity contribution in [1.29, 1.82) is 0 Å². The average Bonchev–Trinajstić information content (AvgIpc) is 2.71. The molecule has 0 aliphatic heterocycles. The number of carboxylic acid groups (broad SMARTS) is 1. The van der Waals surface area contributed by atoms with Crippen molar-refractivity contribution in [3.63, 3.8) is 0 Å². The Bertz CT molecular complexity index is 817. The second kappa shape index (κ2) is 6.37. The van der Waals surface area contributed by atoms with E-state index in [9.17, 15) is 13.2 Å². The van der Waals surface area contributed by atoms with Crippen molar-refractivity contribution in [2.24, 2.45) is 0 Å². The Balaban J connectivity index is 2.52. The topological polar surface area (TPSA) is 83.5 Å². The lowest BCUT2D eigenvalue weighted by Gasteiger charge is -2.11. The molecule has 0 spiro atoms. The van der Waals surface area contributed by atoms with Crippen molar-refractivity contribution in [1.82, 2.24) is 0 Å². The number of carboxylic acids is 1. The predicted octanol–water partition coefficient (Wildman–Crippen LogP) is 4.53. The highest BCUT2D eigenvalue weighted by molar-refractivity contribution is 9.12. The summed E-state index contributed by atoms with van der Waals surface area (Å²) in [5.41, 5.74) is -0.155. The van der Waals surface area contributed by atoms with Crippen molar-refractivity contribution >= 4 is 80.8 Å². The Morgan fingerprint density at radius 1 is 1.24 bits per heavy atom. The molecule has 0 amide bonds. The lowest BCUT2D eigenvalue weighted by molar-refractivity contribution is 0.0698. The van der Waals surface area contributed by atoms with Crippen LogP contribution in [0.4, 0.5) is 5.69 Å². The van der Waals surface area contributed by atoms with E-state index in [1.54, 1.807) is 6.07 Å². The second-order valence-electron chi connectivity index (χ2n) is 3.76. The van der Waals surface area contributed by atoms with E-state index in [1.807, 2.05) is 0 Å². The number of rotatable bonds is 4. The van der Waals surface area contributed by atoms with Crippen LogP contribution in [0.3, 0.4) is 0 Å². The molecule has 0 fully saturated rings. The fourth-order valence-corrected chi connectivity index (χ4v) is 7.01. The van der Waals surface area contributed by atoms with Gasteiger partial charge in [-0.25, -0.2) is 13.2 Å². The maximum atomic E-state index is 12.4. The lowest BCUT2D eigenvalue weighted by atomic mass is 10.2. The number of benzene rings is 1. The van der Waals surface area contributed by atoms with Crippen LogP contribution in [0, 0.1) is 0 Å². The number of thiophene rings is 1. The summed E-state index contributed by atoms with van der Waals surface area (Å²) in [7, 11) is -3.91. The van der Waals surface area contributed by atoms with Gasteiger partial charge in [0.1, 0.15) is 4.90 Å².